The number of hydrogen-bond donors (Lipinski definition) is 2. The molecule has 0 radical (unpaired) electrons. The maximum atomic E-state index is 12.0. The van der Waals surface area contributed by atoms with Crippen molar-refractivity contribution in [3.8, 4) is 0 Å². The van der Waals surface area contributed by atoms with Crippen LogP contribution in [0.25, 0.3) is 10.8 Å². The first kappa shape index (κ1) is 13.1. The van der Waals surface area contributed by atoms with Gasteiger partial charge in [0.25, 0.3) is 5.91 Å². The quantitative estimate of drug-likeness (QED) is 0.769. The lowest BCUT2D eigenvalue weighted by molar-refractivity contribution is 0.0950. The van der Waals surface area contributed by atoms with Crippen LogP contribution in [0.5, 0.6) is 0 Å². The second-order valence-corrected chi connectivity index (χ2v) is 4.68. The number of benzene rings is 1. The normalized spacial score (nSPS) is 10.5. The van der Waals surface area contributed by atoms with E-state index in [-0.39, 0.29) is 5.91 Å². The second-order valence-electron chi connectivity index (χ2n) is 4.68. The lowest BCUT2D eigenvalue weighted by Crippen LogP contribution is -2.22. The Bertz CT molecular complexity index is 787. The molecule has 2 aromatic heterocycles. The highest BCUT2D eigenvalue weighted by Gasteiger charge is 2.05. The van der Waals surface area contributed by atoms with E-state index in [2.05, 4.69) is 15.3 Å². The van der Waals surface area contributed by atoms with Crippen molar-refractivity contribution in [1.82, 2.24) is 15.3 Å². The van der Waals surface area contributed by atoms with Crippen molar-refractivity contribution in [1.29, 1.82) is 0 Å². The first-order valence-corrected chi connectivity index (χ1v) is 6.55. The van der Waals surface area contributed by atoms with Crippen LogP contribution in [0.2, 0.25) is 0 Å². The van der Waals surface area contributed by atoms with Crippen molar-refractivity contribution in [2.75, 3.05) is 5.73 Å². The number of rotatable bonds is 3. The molecule has 1 amide bonds. The summed E-state index contributed by atoms with van der Waals surface area (Å²) in [4.78, 5) is 19.9. The van der Waals surface area contributed by atoms with Crippen molar-refractivity contribution in [3.63, 3.8) is 0 Å². The van der Waals surface area contributed by atoms with Gasteiger partial charge in [0.05, 0.1) is 5.56 Å². The third kappa shape index (κ3) is 2.81. The summed E-state index contributed by atoms with van der Waals surface area (Å²) in [5, 5.41) is 4.80. The van der Waals surface area contributed by atoms with Gasteiger partial charge in [-0.05, 0) is 35.2 Å². The Morgan fingerprint density at radius 2 is 2.10 bits per heavy atom. The summed E-state index contributed by atoms with van der Waals surface area (Å²) >= 11 is 0. The van der Waals surface area contributed by atoms with Crippen LogP contribution in [0.1, 0.15) is 15.9 Å². The molecule has 0 fully saturated rings. The van der Waals surface area contributed by atoms with E-state index in [1.807, 2.05) is 24.3 Å². The third-order valence-electron chi connectivity index (χ3n) is 3.24. The molecule has 0 aliphatic rings. The average Bonchev–Trinajstić information content (AvgIpc) is 2.53. The standard InChI is InChI=1S/C16H14N4O/c17-15-14-4-3-11(8-12(14)5-7-19-15)9-20-16(21)13-2-1-6-18-10-13/h1-8,10H,9H2,(H2,17,19)(H,20,21). The molecule has 5 heteroatoms. The van der Waals surface area contributed by atoms with E-state index in [9.17, 15) is 4.79 Å². The highest BCUT2D eigenvalue weighted by atomic mass is 16.1. The summed E-state index contributed by atoms with van der Waals surface area (Å²) in [6.45, 7) is 0.450. The summed E-state index contributed by atoms with van der Waals surface area (Å²) in [5.41, 5.74) is 7.37. The van der Waals surface area contributed by atoms with Gasteiger partial charge < -0.3 is 11.1 Å². The summed E-state index contributed by atoms with van der Waals surface area (Å²) in [7, 11) is 0. The number of nitrogens with zero attached hydrogens (tertiary/aromatic N) is 2. The first-order valence-electron chi connectivity index (χ1n) is 6.55. The zero-order valence-electron chi connectivity index (χ0n) is 11.3. The molecule has 1 aromatic carbocycles. The van der Waals surface area contributed by atoms with Crippen molar-refractivity contribution in [2.24, 2.45) is 0 Å². The lowest BCUT2D eigenvalue weighted by atomic mass is 10.1. The minimum Gasteiger partial charge on any atom is -0.383 e. The largest absolute Gasteiger partial charge is 0.383 e. The monoisotopic (exact) mass is 278 g/mol. The van der Waals surface area contributed by atoms with E-state index >= 15 is 0 Å². The number of carbonyl (C=O) groups is 1. The molecule has 0 atom stereocenters. The number of anilines is 1. The van der Waals surface area contributed by atoms with Crippen LogP contribution < -0.4 is 11.1 Å². The van der Waals surface area contributed by atoms with E-state index in [0.29, 0.717) is 17.9 Å². The molecule has 0 aliphatic carbocycles. The van der Waals surface area contributed by atoms with Gasteiger partial charge in [0, 0.05) is 30.5 Å². The molecule has 3 aromatic rings. The molecule has 104 valence electrons. The number of carbonyl (C=O) groups excluding carboxylic acids is 1. The number of nitrogen functional groups attached to an aromatic ring is 1. The van der Waals surface area contributed by atoms with Crippen molar-refractivity contribution >= 4 is 22.5 Å². The third-order valence-corrected chi connectivity index (χ3v) is 3.24. The fourth-order valence-corrected chi connectivity index (χ4v) is 2.14. The van der Waals surface area contributed by atoms with Crippen LogP contribution >= 0.6 is 0 Å². The minimum absolute atomic E-state index is 0.141. The van der Waals surface area contributed by atoms with Crippen LogP contribution in [-0.4, -0.2) is 15.9 Å². The zero-order valence-corrected chi connectivity index (χ0v) is 11.3. The van der Waals surface area contributed by atoms with Gasteiger partial charge in [0.2, 0.25) is 0 Å². The van der Waals surface area contributed by atoms with E-state index in [1.54, 1.807) is 30.7 Å². The number of amides is 1. The van der Waals surface area contributed by atoms with Crippen LogP contribution in [-0.2, 0) is 6.54 Å². The highest BCUT2D eigenvalue weighted by molar-refractivity contribution is 5.94. The number of nitrogens with two attached hydrogens (primary N) is 1. The molecule has 2 heterocycles. The fourth-order valence-electron chi connectivity index (χ4n) is 2.14. The Balaban J connectivity index is 1.75. The molecular weight excluding hydrogens is 264 g/mol. The van der Waals surface area contributed by atoms with Crippen LogP contribution in [0.3, 0.4) is 0 Å². The lowest BCUT2D eigenvalue weighted by Gasteiger charge is -2.07. The second kappa shape index (κ2) is 5.58. The Hall–Kier alpha value is -2.95. The van der Waals surface area contributed by atoms with Gasteiger partial charge in [0.1, 0.15) is 5.82 Å². The van der Waals surface area contributed by atoms with E-state index in [1.165, 1.54) is 0 Å². The number of aromatic nitrogens is 2. The van der Waals surface area contributed by atoms with E-state index in [0.717, 1.165) is 16.3 Å². The van der Waals surface area contributed by atoms with Gasteiger partial charge in [0.15, 0.2) is 0 Å². The molecule has 0 saturated carbocycles. The number of nitrogens with one attached hydrogen (secondary N) is 1. The summed E-state index contributed by atoms with van der Waals surface area (Å²) in [6, 6.07) is 11.2. The molecule has 0 aliphatic heterocycles. The molecule has 21 heavy (non-hydrogen) atoms. The fraction of sp³-hybridized carbons (Fsp3) is 0.0625. The summed E-state index contributed by atoms with van der Waals surface area (Å²) in [6.07, 6.45) is 4.86. The molecule has 0 spiro atoms. The van der Waals surface area contributed by atoms with Crippen LogP contribution in [0, 0.1) is 0 Å². The number of hydrogen-bond acceptors (Lipinski definition) is 4. The van der Waals surface area contributed by atoms with Gasteiger partial charge in [-0.1, -0.05) is 12.1 Å². The maximum absolute atomic E-state index is 12.0. The molecule has 0 bridgehead atoms. The molecule has 0 unspecified atom stereocenters. The van der Waals surface area contributed by atoms with Gasteiger partial charge in [-0.3, -0.25) is 9.78 Å². The number of fused-ring (bicyclic) bond motifs is 1. The molecular formula is C16H14N4O. The van der Waals surface area contributed by atoms with Gasteiger partial charge in [-0.2, -0.15) is 0 Å². The number of pyridine rings is 2. The summed E-state index contributed by atoms with van der Waals surface area (Å²) < 4.78 is 0. The van der Waals surface area contributed by atoms with Gasteiger partial charge in [-0.15, -0.1) is 0 Å². The van der Waals surface area contributed by atoms with Crippen LogP contribution in [0.4, 0.5) is 5.82 Å². The molecule has 0 saturated heterocycles. The minimum atomic E-state index is -0.141. The van der Waals surface area contributed by atoms with E-state index in [4.69, 9.17) is 5.73 Å². The molecule has 3 rings (SSSR count). The van der Waals surface area contributed by atoms with Gasteiger partial charge >= 0.3 is 0 Å². The predicted octanol–water partition coefficient (Wildman–Crippen LogP) is 2.14. The smallest absolute Gasteiger partial charge is 0.253 e. The van der Waals surface area contributed by atoms with Gasteiger partial charge in [-0.25, -0.2) is 4.98 Å². The Morgan fingerprint density at radius 3 is 2.90 bits per heavy atom. The SMILES string of the molecule is Nc1nccc2cc(CNC(=O)c3cccnc3)ccc12. The highest BCUT2D eigenvalue weighted by Crippen LogP contribution is 2.19. The Kier molecular flexibility index (Phi) is 3.47. The first-order chi connectivity index (χ1) is 10.2. The molecule has 5 nitrogen and oxygen atoms in total. The topological polar surface area (TPSA) is 80.9 Å². The van der Waals surface area contributed by atoms with E-state index < -0.39 is 0 Å². The zero-order chi connectivity index (χ0) is 14.7. The average molecular weight is 278 g/mol. The Morgan fingerprint density at radius 1 is 1.19 bits per heavy atom. The predicted molar refractivity (Wildman–Crippen MR) is 81.6 cm³/mol. The Labute approximate surface area is 121 Å². The van der Waals surface area contributed by atoms with Crippen molar-refractivity contribution < 1.29 is 4.79 Å². The van der Waals surface area contributed by atoms with Crippen molar-refractivity contribution in [3.05, 3.63) is 66.1 Å². The van der Waals surface area contributed by atoms with Crippen LogP contribution in [0.15, 0.2) is 55.0 Å². The summed E-state index contributed by atoms with van der Waals surface area (Å²) in [5.74, 6) is 0.371. The molecule has 3 N–H and O–H groups in total. The maximum Gasteiger partial charge on any atom is 0.253 e. The van der Waals surface area contributed by atoms with Crippen molar-refractivity contribution in [2.45, 2.75) is 6.54 Å².